The van der Waals surface area contributed by atoms with Crippen LogP contribution in [0.3, 0.4) is 0 Å². The van der Waals surface area contributed by atoms with E-state index in [0.29, 0.717) is 37.4 Å². The summed E-state index contributed by atoms with van der Waals surface area (Å²) in [4.78, 5) is 28.8. The Hall–Kier alpha value is -3.02. The number of amides is 2. The van der Waals surface area contributed by atoms with Crippen molar-refractivity contribution < 1.29 is 19.1 Å². The van der Waals surface area contributed by atoms with Crippen LogP contribution in [0.1, 0.15) is 24.0 Å². The van der Waals surface area contributed by atoms with Crippen molar-refractivity contribution in [2.45, 2.75) is 32.0 Å². The largest absolute Gasteiger partial charge is 0.454 e. The molecule has 1 atom stereocenters. The lowest BCUT2D eigenvalue weighted by Crippen LogP contribution is -2.44. The molecule has 2 heterocycles. The highest BCUT2D eigenvalue weighted by molar-refractivity contribution is 5.90. The molecule has 140 valence electrons. The molecule has 27 heavy (non-hydrogen) atoms. The predicted molar refractivity (Wildman–Crippen MR) is 99.1 cm³/mol. The van der Waals surface area contributed by atoms with E-state index in [-0.39, 0.29) is 18.6 Å². The van der Waals surface area contributed by atoms with Crippen LogP contribution in [0.25, 0.3) is 0 Å². The fourth-order valence-corrected chi connectivity index (χ4v) is 3.61. The zero-order valence-corrected chi connectivity index (χ0v) is 15.3. The van der Waals surface area contributed by atoms with E-state index in [1.165, 1.54) is 0 Å². The molecule has 2 aliphatic rings. The van der Waals surface area contributed by atoms with Crippen molar-refractivity contribution in [3.63, 3.8) is 0 Å². The fraction of sp³-hybridized carbons (Fsp3) is 0.333. The second-order valence-electron chi connectivity index (χ2n) is 6.94. The summed E-state index contributed by atoms with van der Waals surface area (Å²) >= 11 is 0. The Kier molecular flexibility index (Phi) is 4.71. The molecule has 0 saturated carbocycles. The first-order valence-corrected chi connectivity index (χ1v) is 9.09. The topological polar surface area (TPSA) is 59.1 Å². The van der Waals surface area contributed by atoms with Gasteiger partial charge in [0, 0.05) is 26.6 Å². The van der Waals surface area contributed by atoms with E-state index in [2.05, 4.69) is 0 Å². The van der Waals surface area contributed by atoms with Gasteiger partial charge in [-0.1, -0.05) is 36.4 Å². The van der Waals surface area contributed by atoms with Gasteiger partial charge < -0.3 is 19.3 Å². The summed E-state index contributed by atoms with van der Waals surface area (Å²) in [7, 11) is 1.79. The van der Waals surface area contributed by atoms with Crippen LogP contribution in [0.15, 0.2) is 48.5 Å². The Morgan fingerprint density at radius 2 is 1.89 bits per heavy atom. The van der Waals surface area contributed by atoms with Gasteiger partial charge in [0.1, 0.15) is 6.04 Å². The van der Waals surface area contributed by atoms with Gasteiger partial charge in [-0.05, 0) is 29.7 Å². The number of rotatable bonds is 5. The molecule has 0 bridgehead atoms. The van der Waals surface area contributed by atoms with E-state index in [4.69, 9.17) is 9.47 Å². The number of fused-ring (bicyclic) bond motifs is 1. The molecule has 4 rings (SSSR count). The van der Waals surface area contributed by atoms with E-state index in [1.807, 2.05) is 48.5 Å². The number of carbonyl (C=O) groups is 2. The van der Waals surface area contributed by atoms with Crippen LogP contribution in [0.2, 0.25) is 0 Å². The molecule has 1 saturated heterocycles. The van der Waals surface area contributed by atoms with Crippen molar-refractivity contribution in [1.29, 1.82) is 0 Å². The highest BCUT2D eigenvalue weighted by atomic mass is 16.7. The zero-order chi connectivity index (χ0) is 18.8. The number of likely N-dealkylation sites (N-methyl/N-ethyl adjacent to an activating group) is 1. The van der Waals surface area contributed by atoms with E-state index in [9.17, 15) is 9.59 Å². The summed E-state index contributed by atoms with van der Waals surface area (Å²) in [6.45, 7) is 1.14. The number of ether oxygens (including phenoxy) is 2. The molecule has 2 aliphatic heterocycles. The average molecular weight is 366 g/mol. The molecule has 2 aromatic rings. The lowest BCUT2D eigenvalue weighted by Gasteiger charge is -2.28. The Morgan fingerprint density at radius 1 is 1.11 bits per heavy atom. The minimum Gasteiger partial charge on any atom is -0.454 e. The van der Waals surface area contributed by atoms with Gasteiger partial charge in [0.2, 0.25) is 18.6 Å². The number of hydrogen-bond acceptors (Lipinski definition) is 4. The standard InChI is InChI=1S/C21H22N2O4/c1-22(12-15-5-3-2-4-6-15)21(25)17-8-10-20(24)23(17)13-16-7-9-18-19(11-16)27-14-26-18/h2-7,9,11,17H,8,10,12-14H2,1H3. The maximum Gasteiger partial charge on any atom is 0.245 e. The van der Waals surface area contributed by atoms with Crippen molar-refractivity contribution in [3.05, 3.63) is 59.7 Å². The summed E-state index contributed by atoms with van der Waals surface area (Å²) in [6, 6.07) is 15.1. The first kappa shape index (κ1) is 17.4. The molecular formula is C21H22N2O4. The van der Waals surface area contributed by atoms with Crippen LogP contribution < -0.4 is 9.47 Å². The first-order chi connectivity index (χ1) is 13.1. The van der Waals surface area contributed by atoms with Gasteiger partial charge in [-0.3, -0.25) is 9.59 Å². The molecule has 1 unspecified atom stereocenters. The third-order valence-corrected chi connectivity index (χ3v) is 5.04. The molecule has 6 nitrogen and oxygen atoms in total. The Balaban J connectivity index is 1.46. The van der Waals surface area contributed by atoms with E-state index >= 15 is 0 Å². The second kappa shape index (κ2) is 7.31. The van der Waals surface area contributed by atoms with Gasteiger partial charge in [-0.25, -0.2) is 0 Å². The molecule has 1 fully saturated rings. The average Bonchev–Trinajstić information content (AvgIpc) is 3.29. The van der Waals surface area contributed by atoms with E-state index in [1.54, 1.807) is 16.8 Å². The van der Waals surface area contributed by atoms with Crippen molar-refractivity contribution in [2.24, 2.45) is 0 Å². The Morgan fingerprint density at radius 3 is 2.70 bits per heavy atom. The molecule has 0 N–H and O–H groups in total. The van der Waals surface area contributed by atoms with Crippen LogP contribution in [0.4, 0.5) is 0 Å². The molecule has 2 aromatic carbocycles. The van der Waals surface area contributed by atoms with Gasteiger partial charge in [0.05, 0.1) is 0 Å². The van der Waals surface area contributed by atoms with Gasteiger partial charge in [0.15, 0.2) is 11.5 Å². The summed E-state index contributed by atoms with van der Waals surface area (Å²) in [6.07, 6.45) is 0.960. The van der Waals surface area contributed by atoms with Crippen LogP contribution in [-0.4, -0.2) is 41.5 Å². The molecular weight excluding hydrogens is 344 g/mol. The Bertz CT molecular complexity index is 853. The van der Waals surface area contributed by atoms with Gasteiger partial charge in [-0.15, -0.1) is 0 Å². The molecule has 0 radical (unpaired) electrons. The fourth-order valence-electron chi connectivity index (χ4n) is 3.61. The maximum absolute atomic E-state index is 13.0. The van der Waals surface area contributed by atoms with Crippen LogP contribution in [-0.2, 0) is 22.7 Å². The van der Waals surface area contributed by atoms with E-state index < -0.39 is 6.04 Å². The van der Waals surface area contributed by atoms with Gasteiger partial charge >= 0.3 is 0 Å². The molecule has 6 heteroatoms. The number of likely N-dealkylation sites (tertiary alicyclic amines) is 1. The normalized spacial score (nSPS) is 18.0. The van der Waals surface area contributed by atoms with Crippen molar-refractivity contribution >= 4 is 11.8 Å². The minimum atomic E-state index is -0.420. The number of hydrogen-bond donors (Lipinski definition) is 0. The number of nitrogens with zero attached hydrogens (tertiary/aromatic N) is 2. The first-order valence-electron chi connectivity index (χ1n) is 9.09. The van der Waals surface area contributed by atoms with Crippen molar-refractivity contribution in [2.75, 3.05) is 13.8 Å². The Labute approximate surface area is 158 Å². The summed E-state index contributed by atoms with van der Waals surface area (Å²) in [5.74, 6) is 1.38. The maximum atomic E-state index is 13.0. The van der Waals surface area contributed by atoms with E-state index in [0.717, 1.165) is 11.1 Å². The summed E-state index contributed by atoms with van der Waals surface area (Å²) in [5, 5.41) is 0. The smallest absolute Gasteiger partial charge is 0.245 e. The van der Waals surface area contributed by atoms with Gasteiger partial charge in [-0.2, -0.15) is 0 Å². The number of benzene rings is 2. The third kappa shape index (κ3) is 3.60. The predicted octanol–water partition coefficient (Wildman–Crippen LogP) is 2.56. The van der Waals surface area contributed by atoms with Gasteiger partial charge in [0.25, 0.3) is 0 Å². The molecule has 0 spiro atoms. The second-order valence-corrected chi connectivity index (χ2v) is 6.94. The summed E-state index contributed by atoms with van der Waals surface area (Å²) < 4.78 is 10.7. The lowest BCUT2D eigenvalue weighted by molar-refractivity contribution is -0.141. The van der Waals surface area contributed by atoms with Crippen molar-refractivity contribution in [3.8, 4) is 11.5 Å². The molecule has 2 amide bonds. The monoisotopic (exact) mass is 366 g/mol. The van der Waals surface area contributed by atoms with Crippen LogP contribution in [0.5, 0.6) is 11.5 Å². The highest BCUT2D eigenvalue weighted by Gasteiger charge is 2.37. The van der Waals surface area contributed by atoms with Crippen LogP contribution in [0, 0.1) is 0 Å². The number of carbonyl (C=O) groups excluding carboxylic acids is 2. The zero-order valence-electron chi connectivity index (χ0n) is 15.3. The molecule has 0 aliphatic carbocycles. The summed E-state index contributed by atoms with van der Waals surface area (Å²) in [5.41, 5.74) is 2.00. The van der Waals surface area contributed by atoms with Crippen LogP contribution >= 0.6 is 0 Å². The lowest BCUT2D eigenvalue weighted by atomic mass is 10.1. The third-order valence-electron chi connectivity index (χ3n) is 5.04. The van der Waals surface area contributed by atoms with Crippen molar-refractivity contribution in [1.82, 2.24) is 9.80 Å². The SMILES string of the molecule is CN(Cc1ccccc1)C(=O)C1CCC(=O)N1Cc1ccc2c(c1)OCO2. The quantitative estimate of drug-likeness (QED) is 0.816. The minimum absolute atomic E-state index is 0.0131. The molecule has 0 aromatic heterocycles. The highest BCUT2D eigenvalue weighted by Crippen LogP contribution is 2.33.